The summed E-state index contributed by atoms with van der Waals surface area (Å²) in [6, 6.07) is 11.7. The van der Waals surface area contributed by atoms with Crippen LogP contribution in [0, 0.1) is 11.6 Å². The number of hydrogen-bond donors (Lipinski definition) is 1. The Morgan fingerprint density at radius 2 is 1.75 bits per heavy atom. The second-order valence-corrected chi connectivity index (χ2v) is 5.62. The Morgan fingerprint density at radius 3 is 2.50 bits per heavy atom. The highest BCUT2D eigenvalue weighted by molar-refractivity contribution is 5.37. The normalized spacial score (nSPS) is 21.6. The molecule has 0 spiro atoms. The Bertz CT molecular complexity index is 618. The Balaban J connectivity index is 1.97. The van der Waals surface area contributed by atoms with Gasteiger partial charge in [0.05, 0.1) is 0 Å². The molecule has 0 saturated carbocycles. The lowest BCUT2D eigenvalue weighted by atomic mass is 9.74. The fraction of sp³-hybridized carbons (Fsp3) is 0.294. The summed E-state index contributed by atoms with van der Waals surface area (Å²) >= 11 is 0. The number of aryl methyl sites for hydroxylation is 1. The van der Waals surface area contributed by atoms with Crippen molar-refractivity contribution >= 4 is 0 Å². The molecule has 1 unspecified atom stereocenters. The van der Waals surface area contributed by atoms with Crippen molar-refractivity contribution in [3.05, 3.63) is 70.8 Å². The molecular weight excluding hydrogens is 256 g/mol. The van der Waals surface area contributed by atoms with Gasteiger partial charge in [-0.25, -0.2) is 8.78 Å². The topological polar surface area (TPSA) is 26.0 Å². The van der Waals surface area contributed by atoms with Gasteiger partial charge in [0, 0.05) is 11.6 Å². The molecule has 0 heterocycles. The molecule has 0 radical (unpaired) electrons. The quantitative estimate of drug-likeness (QED) is 0.887. The van der Waals surface area contributed by atoms with Crippen molar-refractivity contribution in [3.8, 4) is 0 Å². The van der Waals surface area contributed by atoms with E-state index in [1.807, 2.05) is 18.2 Å². The van der Waals surface area contributed by atoms with E-state index >= 15 is 0 Å². The van der Waals surface area contributed by atoms with Crippen LogP contribution in [0.25, 0.3) is 0 Å². The van der Waals surface area contributed by atoms with Crippen LogP contribution in [0.2, 0.25) is 0 Å². The fourth-order valence-corrected chi connectivity index (χ4v) is 3.21. The molecule has 3 heteroatoms. The Morgan fingerprint density at radius 1 is 1.05 bits per heavy atom. The highest BCUT2D eigenvalue weighted by Gasteiger charge is 2.32. The maximum atomic E-state index is 13.3. The summed E-state index contributed by atoms with van der Waals surface area (Å²) in [5.41, 5.74) is 8.99. The molecule has 3 rings (SSSR count). The van der Waals surface area contributed by atoms with Crippen LogP contribution in [0.4, 0.5) is 8.78 Å². The van der Waals surface area contributed by atoms with Crippen molar-refractivity contribution in [3.63, 3.8) is 0 Å². The minimum absolute atomic E-state index is 0.457. The maximum absolute atomic E-state index is 13.3. The van der Waals surface area contributed by atoms with Crippen molar-refractivity contribution in [1.82, 2.24) is 0 Å². The highest BCUT2D eigenvalue weighted by atomic mass is 19.1. The lowest BCUT2D eigenvalue weighted by Gasteiger charge is -2.36. The van der Waals surface area contributed by atoms with Crippen LogP contribution >= 0.6 is 0 Å². The zero-order chi connectivity index (χ0) is 14.2. The molecule has 0 bridgehead atoms. The first-order chi connectivity index (χ1) is 9.57. The van der Waals surface area contributed by atoms with E-state index in [1.165, 1.54) is 17.7 Å². The zero-order valence-corrected chi connectivity index (χ0v) is 11.2. The van der Waals surface area contributed by atoms with Crippen LogP contribution < -0.4 is 5.73 Å². The second-order valence-electron chi connectivity index (χ2n) is 5.62. The van der Waals surface area contributed by atoms with Gasteiger partial charge in [0.1, 0.15) is 11.6 Å². The van der Waals surface area contributed by atoms with Gasteiger partial charge in [0.2, 0.25) is 0 Å². The third-order valence-corrected chi connectivity index (χ3v) is 4.06. The molecule has 0 aliphatic heterocycles. The number of hydrogen-bond acceptors (Lipinski definition) is 1. The lowest BCUT2D eigenvalue weighted by Crippen LogP contribution is -2.42. The van der Waals surface area contributed by atoms with Crippen LogP contribution in [0.1, 0.15) is 29.5 Å². The largest absolute Gasteiger partial charge is 0.321 e. The molecule has 2 aromatic rings. The van der Waals surface area contributed by atoms with Gasteiger partial charge >= 0.3 is 0 Å². The number of halogens is 2. The molecule has 20 heavy (non-hydrogen) atoms. The van der Waals surface area contributed by atoms with Crippen molar-refractivity contribution in [2.75, 3.05) is 0 Å². The maximum Gasteiger partial charge on any atom is 0.126 e. The van der Waals surface area contributed by atoms with E-state index in [4.69, 9.17) is 5.73 Å². The van der Waals surface area contributed by atoms with E-state index in [2.05, 4.69) is 6.07 Å². The first kappa shape index (κ1) is 13.3. The minimum Gasteiger partial charge on any atom is -0.321 e. The number of nitrogens with two attached hydrogens (primary N) is 1. The zero-order valence-electron chi connectivity index (χ0n) is 11.2. The van der Waals surface area contributed by atoms with Gasteiger partial charge in [-0.3, -0.25) is 0 Å². The van der Waals surface area contributed by atoms with E-state index in [9.17, 15) is 8.78 Å². The molecule has 0 aromatic heterocycles. The average molecular weight is 273 g/mol. The summed E-state index contributed by atoms with van der Waals surface area (Å²) in [6.45, 7) is 0. The van der Waals surface area contributed by atoms with E-state index < -0.39 is 17.2 Å². The molecular formula is C17H17F2N. The highest BCUT2D eigenvalue weighted by Crippen LogP contribution is 2.36. The molecule has 1 aliphatic rings. The van der Waals surface area contributed by atoms with Gasteiger partial charge in [-0.1, -0.05) is 24.3 Å². The summed E-state index contributed by atoms with van der Waals surface area (Å²) in [7, 11) is 0. The van der Waals surface area contributed by atoms with E-state index in [-0.39, 0.29) is 0 Å². The van der Waals surface area contributed by atoms with E-state index in [1.54, 1.807) is 0 Å². The van der Waals surface area contributed by atoms with Crippen LogP contribution in [-0.4, -0.2) is 0 Å². The number of fused-ring (bicyclic) bond motifs is 1. The summed E-state index contributed by atoms with van der Waals surface area (Å²) in [4.78, 5) is 0. The van der Waals surface area contributed by atoms with E-state index in [0.717, 1.165) is 30.9 Å². The molecule has 2 aromatic carbocycles. The molecule has 104 valence electrons. The van der Waals surface area contributed by atoms with Gasteiger partial charge in [0.15, 0.2) is 0 Å². The Labute approximate surface area is 117 Å². The van der Waals surface area contributed by atoms with Gasteiger partial charge < -0.3 is 5.73 Å². The molecule has 0 fully saturated rings. The third-order valence-electron chi connectivity index (χ3n) is 4.06. The van der Waals surface area contributed by atoms with Crippen molar-refractivity contribution in [2.24, 2.45) is 5.73 Å². The van der Waals surface area contributed by atoms with Gasteiger partial charge in [-0.2, -0.15) is 0 Å². The summed E-state index contributed by atoms with van der Waals surface area (Å²) in [5, 5.41) is 0. The van der Waals surface area contributed by atoms with Gasteiger partial charge in [-0.05, 0) is 54.5 Å². The third kappa shape index (κ3) is 2.46. The predicted molar refractivity (Wildman–Crippen MR) is 75.3 cm³/mol. The first-order valence-electron chi connectivity index (χ1n) is 6.89. The standard InChI is InChI=1S/C17H17F2N/c18-14-8-12(9-15(19)10-14)11-17(20)7-3-5-13-4-1-2-6-16(13)17/h1-2,4,6,8-10H,3,5,7,11,20H2. The average Bonchev–Trinajstić information content (AvgIpc) is 2.37. The monoisotopic (exact) mass is 273 g/mol. The fourth-order valence-electron chi connectivity index (χ4n) is 3.21. The molecule has 1 nitrogen and oxygen atoms in total. The van der Waals surface area contributed by atoms with E-state index in [0.29, 0.717) is 12.0 Å². The molecule has 0 saturated heterocycles. The number of rotatable bonds is 2. The van der Waals surface area contributed by atoms with Crippen LogP contribution in [0.15, 0.2) is 42.5 Å². The van der Waals surface area contributed by atoms with Gasteiger partial charge in [0.25, 0.3) is 0 Å². The van der Waals surface area contributed by atoms with Crippen molar-refractivity contribution in [2.45, 2.75) is 31.2 Å². The molecule has 2 N–H and O–H groups in total. The van der Waals surface area contributed by atoms with Crippen LogP contribution in [0.5, 0.6) is 0 Å². The van der Waals surface area contributed by atoms with Crippen molar-refractivity contribution < 1.29 is 8.78 Å². The summed E-state index contributed by atoms with van der Waals surface area (Å²) in [6.07, 6.45) is 3.32. The predicted octanol–water partition coefficient (Wildman–Crippen LogP) is 3.70. The van der Waals surface area contributed by atoms with Crippen LogP contribution in [0.3, 0.4) is 0 Å². The smallest absolute Gasteiger partial charge is 0.126 e. The van der Waals surface area contributed by atoms with Crippen molar-refractivity contribution in [1.29, 1.82) is 0 Å². The second kappa shape index (κ2) is 4.98. The first-order valence-corrected chi connectivity index (χ1v) is 6.89. The molecule has 0 amide bonds. The Kier molecular flexibility index (Phi) is 3.30. The Hall–Kier alpha value is -1.74. The summed E-state index contributed by atoms with van der Waals surface area (Å²) in [5.74, 6) is -1.10. The summed E-state index contributed by atoms with van der Waals surface area (Å²) < 4.78 is 26.6. The number of benzene rings is 2. The van der Waals surface area contributed by atoms with Gasteiger partial charge in [-0.15, -0.1) is 0 Å². The lowest BCUT2D eigenvalue weighted by molar-refractivity contribution is 0.368. The SMILES string of the molecule is NC1(Cc2cc(F)cc(F)c2)CCCc2ccccc21. The minimum atomic E-state index is -0.548. The molecule has 1 atom stereocenters. The molecule has 1 aliphatic carbocycles. The van der Waals surface area contributed by atoms with Crippen LogP contribution in [-0.2, 0) is 18.4 Å².